The highest BCUT2D eigenvalue weighted by Crippen LogP contribution is 2.20. The molecule has 0 aromatic heterocycles. The lowest BCUT2D eigenvalue weighted by molar-refractivity contribution is -0.143. The molecule has 0 heterocycles. The van der Waals surface area contributed by atoms with Crippen molar-refractivity contribution >= 4 is 5.97 Å². The lowest BCUT2D eigenvalue weighted by Gasteiger charge is -2.09. The van der Waals surface area contributed by atoms with Crippen molar-refractivity contribution in [3.05, 3.63) is 23.8 Å². The predicted molar refractivity (Wildman–Crippen MR) is 43.0 cm³/mol. The molecule has 0 amide bonds. The van der Waals surface area contributed by atoms with Gasteiger partial charge in [0.25, 0.3) is 0 Å². The quantitative estimate of drug-likeness (QED) is 0.563. The second-order valence-corrected chi connectivity index (χ2v) is 2.62. The van der Waals surface area contributed by atoms with E-state index in [1.807, 2.05) is 25.2 Å². The number of hydrogen-bond acceptors (Lipinski definition) is 2. The summed E-state index contributed by atoms with van der Waals surface area (Å²) in [6.45, 7) is 1.87. The van der Waals surface area contributed by atoms with Crippen molar-refractivity contribution in [1.82, 2.24) is 0 Å². The molecule has 1 aliphatic carbocycles. The third-order valence-corrected chi connectivity index (χ3v) is 1.91. The van der Waals surface area contributed by atoms with E-state index < -0.39 is 0 Å². The van der Waals surface area contributed by atoms with Crippen LogP contribution in [0, 0.1) is 5.92 Å². The van der Waals surface area contributed by atoms with Gasteiger partial charge in [-0.3, -0.25) is 4.79 Å². The molecular weight excluding hydrogens is 140 g/mol. The maximum atomic E-state index is 11.0. The fraction of sp³-hybridized carbons (Fsp3) is 0.444. The van der Waals surface area contributed by atoms with Crippen LogP contribution in [0.4, 0.5) is 0 Å². The number of hydrogen-bond donors (Lipinski definition) is 0. The SMILES string of the molecule is COC(=O)C(C)C1=CC=CC1. The second kappa shape index (κ2) is 3.37. The first-order chi connectivity index (χ1) is 5.25. The number of ether oxygens (including phenoxy) is 1. The van der Waals surface area contributed by atoms with E-state index in [1.165, 1.54) is 7.11 Å². The molecular formula is C9H12O2. The maximum absolute atomic E-state index is 11.0. The Morgan fingerprint density at radius 1 is 1.73 bits per heavy atom. The first-order valence-corrected chi connectivity index (χ1v) is 3.69. The van der Waals surface area contributed by atoms with Gasteiger partial charge in [-0.1, -0.05) is 23.8 Å². The van der Waals surface area contributed by atoms with Crippen molar-refractivity contribution in [1.29, 1.82) is 0 Å². The van der Waals surface area contributed by atoms with Crippen molar-refractivity contribution in [2.75, 3.05) is 7.11 Å². The van der Waals surface area contributed by atoms with Crippen molar-refractivity contribution in [3.8, 4) is 0 Å². The largest absolute Gasteiger partial charge is 0.469 e. The van der Waals surface area contributed by atoms with E-state index >= 15 is 0 Å². The Hall–Kier alpha value is -1.05. The Bertz CT molecular complexity index is 214. The Balaban J connectivity index is 2.55. The van der Waals surface area contributed by atoms with E-state index in [0.29, 0.717) is 0 Å². The first kappa shape index (κ1) is 8.05. The van der Waals surface area contributed by atoms with E-state index in [0.717, 1.165) is 12.0 Å². The number of rotatable bonds is 2. The molecule has 1 atom stereocenters. The van der Waals surface area contributed by atoms with Crippen molar-refractivity contribution in [2.24, 2.45) is 5.92 Å². The summed E-state index contributed by atoms with van der Waals surface area (Å²) in [6, 6.07) is 0. The highest BCUT2D eigenvalue weighted by atomic mass is 16.5. The van der Waals surface area contributed by atoms with Crippen LogP contribution >= 0.6 is 0 Å². The Kier molecular flexibility index (Phi) is 2.47. The van der Waals surface area contributed by atoms with Crippen LogP contribution in [0.3, 0.4) is 0 Å². The van der Waals surface area contributed by atoms with Crippen LogP contribution in [0.1, 0.15) is 13.3 Å². The molecule has 0 saturated carbocycles. The van der Waals surface area contributed by atoms with Gasteiger partial charge in [0.2, 0.25) is 0 Å². The van der Waals surface area contributed by atoms with Crippen LogP contribution in [0.25, 0.3) is 0 Å². The molecule has 0 radical (unpaired) electrons. The molecule has 0 bridgehead atoms. The summed E-state index contributed by atoms with van der Waals surface area (Å²) >= 11 is 0. The minimum absolute atomic E-state index is 0.0880. The molecule has 60 valence electrons. The number of carbonyl (C=O) groups excluding carboxylic acids is 1. The lowest BCUT2D eigenvalue weighted by atomic mass is 10.0. The first-order valence-electron chi connectivity index (χ1n) is 3.69. The van der Waals surface area contributed by atoms with Gasteiger partial charge in [0, 0.05) is 0 Å². The van der Waals surface area contributed by atoms with E-state index in [-0.39, 0.29) is 11.9 Å². The van der Waals surface area contributed by atoms with Gasteiger partial charge in [0.05, 0.1) is 13.0 Å². The van der Waals surface area contributed by atoms with E-state index in [1.54, 1.807) is 0 Å². The average molecular weight is 152 g/mol. The number of allylic oxidation sites excluding steroid dienone is 3. The molecule has 0 aromatic rings. The zero-order valence-electron chi connectivity index (χ0n) is 6.83. The van der Waals surface area contributed by atoms with Crippen LogP contribution in [-0.2, 0) is 9.53 Å². The van der Waals surface area contributed by atoms with Crippen LogP contribution in [0.2, 0.25) is 0 Å². The summed E-state index contributed by atoms with van der Waals surface area (Å²) in [6.07, 6.45) is 6.86. The van der Waals surface area contributed by atoms with Gasteiger partial charge < -0.3 is 4.74 Å². The maximum Gasteiger partial charge on any atom is 0.312 e. The lowest BCUT2D eigenvalue weighted by Crippen LogP contribution is -2.14. The standard InChI is InChI=1S/C9H12O2/c1-7(9(10)11-2)8-5-3-4-6-8/h3-5,7H,6H2,1-2H3. The molecule has 0 aliphatic heterocycles. The van der Waals surface area contributed by atoms with Gasteiger partial charge in [-0.2, -0.15) is 0 Å². The summed E-state index contributed by atoms with van der Waals surface area (Å²) in [5, 5.41) is 0. The summed E-state index contributed by atoms with van der Waals surface area (Å²) in [7, 11) is 1.42. The van der Waals surface area contributed by atoms with Crippen LogP contribution in [0.15, 0.2) is 23.8 Å². The summed E-state index contributed by atoms with van der Waals surface area (Å²) < 4.78 is 4.62. The van der Waals surface area contributed by atoms with Crippen LogP contribution in [-0.4, -0.2) is 13.1 Å². The Labute approximate surface area is 66.5 Å². The molecule has 2 heteroatoms. The molecule has 2 nitrogen and oxygen atoms in total. The molecule has 0 spiro atoms. The van der Waals surface area contributed by atoms with Crippen LogP contribution in [0.5, 0.6) is 0 Å². The van der Waals surface area contributed by atoms with E-state index in [4.69, 9.17) is 0 Å². The fourth-order valence-electron chi connectivity index (χ4n) is 1.11. The van der Waals surface area contributed by atoms with Gasteiger partial charge in [-0.15, -0.1) is 0 Å². The molecule has 1 unspecified atom stereocenters. The molecule has 0 N–H and O–H groups in total. The third-order valence-electron chi connectivity index (χ3n) is 1.91. The third kappa shape index (κ3) is 1.70. The summed E-state index contributed by atoms with van der Waals surface area (Å²) in [5.74, 6) is -0.241. The van der Waals surface area contributed by atoms with E-state index in [2.05, 4.69) is 4.74 Å². The second-order valence-electron chi connectivity index (χ2n) is 2.62. The van der Waals surface area contributed by atoms with Crippen molar-refractivity contribution in [2.45, 2.75) is 13.3 Å². The zero-order chi connectivity index (χ0) is 8.27. The Morgan fingerprint density at radius 3 is 2.91 bits per heavy atom. The van der Waals surface area contributed by atoms with Crippen LogP contribution < -0.4 is 0 Å². The topological polar surface area (TPSA) is 26.3 Å². The Morgan fingerprint density at radius 2 is 2.45 bits per heavy atom. The van der Waals surface area contributed by atoms with Crippen molar-refractivity contribution in [3.63, 3.8) is 0 Å². The number of carbonyl (C=O) groups is 1. The summed E-state index contributed by atoms with van der Waals surface area (Å²) in [5.41, 5.74) is 1.14. The normalized spacial score (nSPS) is 17.8. The zero-order valence-corrected chi connectivity index (χ0v) is 6.83. The van der Waals surface area contributed by atoms with E-state index in [9.17, 15) is 4.79 Å². The average Bonchev–Trinajstić information content (AvgIpc) is 2.53. The minimum atomic E-state index is -0.153. The summed E-state index contributed by atoms with van der Waals surface area (Å²) in [4.78, 5) is 11.0. The van der Waals surface area contributed by atoms with Gasteiger partial charge in [0.15, 0.2) is 0 Å². The van der Waals surface area contributed by atoms with Gasteiger partial charge >= 0.3 is 5.97 Å². The molecule has 11 heavy (non-hydrogen) atoms. The molecule has 0 aromatic carbocycles. The molecule has 0 fully saturated rings. The predicted octanol–water partition coefficient (Wildman–Crippen LogP) is 1.68. The minimum Gasteiger partial charge on any atom is -0.469 e. The van der Waals surface area contributed by atoms with Gasteiger partial charge in [0.1, 0.15) is 0 Å². The van der Waals surface area contributed by atoms with Crippen molar-refractivity contribution < 1.29 is 9.53 Å². The van der Waals surface area contributed by atoms with Gasteiger partial charge in [-0.25, -0.2) is 0 Å². The number of methoxy groups -OCH3 is 1. The smallest absolute Gasteiger partial charge is 0.312 e. The highest BCUT2D eigenvalue weighted by molar-refractivity contribution is 5.75. The molecule has 1 aliphatic rings. The highest BCUT2D eigenvalue weighted by Gasteiger charge is 2.17. The monoisotopic (exact) mass is 152 g/mol. The molecule has 0 saturated heterocycles. The van der Waals surface area contributed by atoms with Gasteiger partial charge in [-0.05, 0) is 13.3 Å². The number of esters is 1. The molecule has 1 rings (SSSR count). The fourth-order valence-corrected chi connectivity index (χ4v) is 1.11.